The lowest BCUT2D eigenvalue weighted by atomic mass is 10.1. The summed E-state index contributed by atoms with van der Waals surface area (Å²) in [5, 5.41) is 10.2. The van der Waals surface area contributed by atoms with Crippen molar-refractivity contribution in [1.29, 1.82) is 0 Å². The smallest absolute Gasteiger partial charge is 0.339 e. The van der Waals surface area contributed by atoms with Gasteiger partial charge in [0, 0.05) is 17.0 Å². The SMILES string of the molecule is O=C(O)c1ccc(COc2cc3oc(=O)c4c(c3cc2Cl)CCC4)cc1. The summed E-state index contributed by atoms with van der Waals surface area (Å²) in [6.07, 6.45) is 2.54. The van der Waals surface area contributed by atoms with Crippen LogP contribution in [0.2, 0.25) is 5.02 Å². The Morgan fingerprint density at radius 3 is 2.62 bits per heavy atom. The van der Waals surface area contributed by atoms with Gasteiger partial charge in [0.1, 0.15) is 17.9 Å². The molecule has 132 valence electrons. The van der Waals surface area contributed by atoms with E-state index in [1.807, 2.05) is 0 Å². The van der Waals surface area contributed by atoms with Gasteiger partial charge in [-0.2, -0.15) is 0 Å². The van der Waals surface area contributed by atoms with Crippen molar-refractivity contribution in [2.24, 2.45) is 0 Å². The van der Waals surface area contributed by atoms with Gasteiger partial charge in [0.2, 0.25) is 0 Å². The Kier molecular flexibility index (Phi) is 4.17. The summed E-state index contributed by atoms with van der Waals surface area (Å²) in [7, 11) is 0. The second-order valence-electron chi connectivity index (χ2n) is 6.27. The molecule has 3 aromatic rings. The minimum atomic E-state index is -0.974. The average Bonchev–Trinajstić information content (AvgIpc) is 3.12. The minimum Gasteiger partial charge on any atom is -0.487 e. The number of benzene rings is 2. The van der Waals surface area contributed by atoms with Gasteiger partial charge in [-0.05, 0) is 48.6 Å². The normalized spacial score (nSPS) is 13.0. The van der Waals surface area contributed by atoms with Gasteiger partial charge in [-0.15, -0.1) is 0 Å². The van der Waals surface area contributed by atoms with Gasteiger partial charge in [0.15, 0.2) is 0 Å². The van der Waals surface area contributed by atoms with Crippen molar-refractivity contribution in [3.05, 3.63) is 74.1 Å². The van der Waals surface area contributed by atoms with E-state index in [1.54, 1.807) is 24.3 Å². The Morgan fingerprint density at radius 1 is 1.15 bits per heavy atom. The van der Waals surface area contributed by atoms with Crippen LogP contribution in [0.15, 0.2) is 45.6 Å². The number of carboxylic acid groups (broad SMARTS) is 1. The minimum absolute atomic E-state index is 0.216. The van der Waals surface area contributed by atoms with Crippen LogP contribution in [0.25, 0.3) is 11.0 Å². The summed E-state index contributed by atoms with van der Waals surface area (Å²) < 4.78 is 11.2. The molecule has 0 spiro atoms. The second-order valence-corrected chi connectivity index (χ2v) is 6.68. The monoisotopic (exact) mass is 370 g/mol. The zero-order chi connectivity index (χ0) is 18.3. The first-order valence-corrected chi connectivity index (χ1v) is 8.64. The van der Waals surface area contributed by atoms with Crippen LogP contribution in [0.3, 0.4) is 0 Å². The summed E-state index contributed by atoms with van der Waals surface area (Å²) in [5.41, 5.74) is 2.98. The fraction of sp³-hybridized carbons (Fsp3) is 0.200. The maximum Gasteiger partial charge on any atom is 0.339 e. The molecular formula is C20H15ClO5. The predicted octanol–water partition coefficient (Wildman–Crippen LogP) is 4.21. The van der Waals surface area contributed by atoms with Crippen LogP contribution in [0.5, 0.6) is 5.75 Å². The first kappa shape index (κ1) is 16.7. The molecule has 4 rings (SSSR count). The lowest BCUT2D eigenvalue weighted by Crippen LogP contribution is -2.07. The third-order valence-corrected chi connectivity index (χ3v) is 4.92. The van der Waals surface area contributed by atoms with Crippen molar-refractivity contribution >= 4 is 28.5 Å². The number of fused-ring (bicyclic) bond motifs is 3. The number of carboxylic acids is 1. The van der Waals surface area contributed by atoms with Crippen LogP contribution in [-0.4, -0.2) is 11.1 Å². The standard InChI is InChI=1S/C20H15ClO5/c21-16-8-15-13-2-1-3-14(13)20(24)26-17(15)9-18(16)25-10-11-4-6-12(7-5-11)19(22)23/h4-9H,1-3,10H2,(H,22,23). The van der Waals surface area contributed by atoms with E-state index in [4.69, 9.17) is 25.9 Å². The molecule has 0 aliphatic heterocycles. The Balaban J connectivity index is 1.62. The molecule has 0 bridgehead atoms. The van der Waals surface area contributed by atoms with E-state index in [9.17, 15) is 9.59 Å². The lowest BCUT2D eigenvalue weighted by Gasteiger charge is -2.11. The highest BCUT2D eigenvalue weighted by Gasteiger charge is 2.20. The number of carbonyl (C=O) groups is 1. The van der Waals surface area contributed by atoms with Crippen molar-refractivity contribution in [3.8, 4) is 5.75 Å². The number of aromatic carboxylic acids is 1. The zero-order valence-corrected chi connectivity index (χ0v) is 14.5. The highest BCUT2D eigenvalue weighted by Crippen LogP contribution is 2.35. The van der Waals surface area contributed by atoms with E-state index in [0.717, 1.165) is 41.3 Å². The maximum absolute atomic E-state index is 12.1. The lowest BCUT2D eigenvalue weighted by molar-refractivity contribution is 0.0697. The van der Waals surface area contributed by atoms with E-state index >= 15 is 0 Å². The zero-order valence-electron chi connectivity index (χ0n) is 13.8. The van der Waals surface area contributed by atoms with Crippen LogP contribution in [-0.2, 0) is 19.4 Å². The number of rotatable bonds is 4. The summed E-state index contributed by atoms with van der Waals surface area (Å²) in [4.78, 5) is 23.0. The molecule has 1 heterocycles. The molecule has 0 saturated heterocycles. The Bertz CT molecular complexity index is 1070. The molecule has 2 aromatic carbocycles. The molecule has 0 unspecified atom stereocenters. The summed E-state index contributed by atoms with van der Waals surface area (Å²) >= 11 is 6.36. The van der Waals surface area contributed by atoms with E-state index in [-0.39, 0.29) is 17.8 Å². The van der Waals surface area contributed by atoms with E-state index in [1.165, 1.54) is 12.1 Å². The van der Waals surface area contributed by atoms with E-state index in [0.29, 0.717) is 16.4 Å². The molecule has 1 aliphatic carbocycles. The first-order valence-electron chi connectivity index (χ1n) is 8.26. The van der Waals surface area contributed by atoms with Gasteiger partial charge in [-0.3, -0.25) is 0 Å². The topological polar surface area (TPSA) is 76.7 Å². The predicted molar refractivity (Wildman–Crippen MR) is 97.3 cm³/mol. The third kappa shape index (κ3) is 2.95. The molecular weight excluding hydrogens is 356 g/mol. The van der Waals surface area contributed by atoms with E-state index in [2.05, 4.69) is 0 Å². The number of hydrogen-bond donors (Lipinski definition) is 1. The van der Waals surface area contributed by atoms with Gasteiger partial charge in [0.25, 0.3) is 0 Å². The third-order valence-electron chi connectivity index (χ3n) is 4.62. The quantitative estimate of drug-likeness (QED) is 0.696. The molecule has 0 amide bonds. The van der Waals surface area contributed by atoms with Gasteiger partial charge in [0.05, 0.1) is 10.6 Å². The molecule has 1 N–H and O–H groups in total. The van der Waals surface area contributed by atoms with Crippen molar-refractivity contribution < 1.29 is 19.1 Å². The van der Waals surface area contributed by atoms with Crippen LogP contribution in [0.1, 0.15) is 33.5 Å². The molecule has 0 saturated carbocycles. The fourth-order valence-corrected chi connectivity index (χ4v) is 3.52. The van der Waals surface area contributed by atoms with Crippen molar-refractivity contribution in [2.75, 3.05) is 0 Å². The maximum atomic E-state index is 12.1. The average molecular weight is 371 g/mol. The molecule has 6 heteroatoms. The van der Waals surface area contributed by atoms with Gasteiger partial charge < -0.3 is 14.3 Å². The largest absolute Gasteiger partial charge is 0.487 e. The summed E-state index contributed by atoms with van der Waals surface area (Å²) in [6, 6.07) is 9.84. The van der Waals surface area contributed by atoms with Crippen LogP contribution in [0, 0.1) is 0 Å². The second kappa shape index (κ2) is 6.50. The molecule has 5 nitrogen and oxygen atoms in total. The Hall–Kier alpha value is -2.79. The van der Waals surface area contributed by atoms with Crippen LogP contribution >= 0.6 is 11.6 Å². The molecule has 0 atom stereocenters. The van der Waals surface area contributed by atoms with Crippen molar-refractivity contribution in [3.63, 3.8) is 0 Å². The van der Waals surface area contributed by atoms with Crippen LogP contribution < -0.4 is 10.4 Å². The first-order chi connectivity index (χ1) is 12.5. The molecule has 1 aromatic heterocycles. The molecule has 1 aliphatic rings. The number of halogens is 1. The van der Waals surface area contributed by atoms with Gasteiger partial charge in [-0.25, -0.2) is 9.59 Å². The van der Waals surface area contributed by atoms with E-state index < -0.39 is 5.97 Å². The fourth-order valence-electron chi connectivity index (χ4n) is 3.30. The highest BCUT2D eigenvalue weighted by atomic mass is 35.5. The summed E-state index contributed by atoms with van der Waals surface area (Å²) in [5.74, 6) is -0.555. The highest BCUT2D eigenvalue weighted by molar-refractivity contribution is 6.32. The van der Waals surface area contributed by atoms with Crippen molar-refractivity contribution in [1.82, 2.24) is 0 Å². The van der Waals surface area contributed by atoms with Gasteiger partial charge in [-0.1, -0.05) is 23.7 Å². The van der Waals surface area contributed by atoms with Crippen LogP contribution in [0.4, 0.5) is 0 Å². The Morgan fingerprint density at radius 2 is 1.88 bits per heavy atom. The number of ether oxygens (including phenoxy) is 1. The van der Waals surface area contributed by atoms with Gasteiger partial charge >= 0.3 is 11.6 Å². The number of hydrogen-bond acceptors (Lipinski definition) is 4. The Labute approximate surface area is 153 Å². The summed E-state index contributed by atoms with van der Waals surface area (Å²) in [6.45, 7) is 0.223. The molecule has 0 fully saturated rings. The molecule has 0 radical (unpaired) electrons. The number of aryl methyl sites for hydroxylation is 1. The molecule has 26 heavy (non-hydrogen) atoms. The van der Waals surface area contributed by atoms with Crippen molar-refractivity contribution in [2.45, 2.75) is 25.9 Å².